The average Bonchev–Trinajstić information content (AvgIpc) is 3.37. The van der Waals surface area contributed by atoms with Crippen LogP contribution in [0.25, 0.3) is 6.08 Å². The monoisotopic (exact) mass is 404 g/mol. The number of Topliss-reactive ketones (excluding diaryl/α,β-unsaturated/α-hetero) is 1. The van der Waals surface area contributed by atoms with Crippen molar-refractivity contribution in [3.05, 3.63) is 77.3 Å². The number of carbonyl (C=O) groups is 2. The third-order valence-electron chi connectivity index (χ3n) is 6.20. The summed E-state index contributed by atoms with van der Waals surface area (Å²) < 4.78 is 11.4. The average molecular weight is 405 g/mol. The maximum atomic E-state index is 13.3. The Morgan fingerprint density at radius 1 is 1.27 bits per heavy atom. The van der Waals surface area contributed by atoms with Gasteiger partial charge in [-0.1, -0.05) is 61.1 Å². The number of allylic oxidation sites excluding steroid dienone is 7. The molecule has 0 amide bonds. The molecule has 2 aliphatic carbocycles. The fourth-order valence-corrected chi connectivity index (χ4v) is 4.87. The zero-order valence-electron chi connectivity index (χ0n) is 17.5. The third kappa shape index (κ3) is 3.91. The Morgan fingerprint density at radius 2 is 2.07 bits per heavy atom. The number of fused-ring (bicyclic) bond motifs is 1. The Balaban J connectivity index is 1.64. The summed E-state index contributed by atoms with van der Waals surface area (Å²) in [7, 11) is 0. The molecule has 1 heterocycles. The van der Waals surface area contributed by atoms with Crippen molar-refractivity contribution in [3.8, 4) is 0 Å². The van der Waals surface area contributed by atoms with Crippen LogP contribution in [0.1, 0.15) is 38.7 Å². The van der Waals surface area contributed by atoms with E-state index in [0.717, 1.165) is 24.8 Å². The Kier molecular flexibility index (Phi) is 6.03. The maximum Gasteiger partial charge on any atom is 0.310 e. The molecule has 3 aliphatic rings. The number of benzene rings is 1. The standard InChI is InChI=1S/C26H28O4/c1-3-29-26(28)22-17(2)16-21-24(23(22)19-13-7-8-14-19)25(27)20(30-21)15-9-12-18-10-5-4-6-11-18/h4-6,9-13,15-17,22-24H,3,7-8,14H2,1-2H3/b12-9-,20-15+. The highest BCUT2D eigenvalue weighted by molar-refractivity contribution is 6.01. The van der Waals surface area contributed by atoms with Crippen LogP contribution in [0.3, 0.4) is 0 Å². The molecule has 1 fully saturated rings. The summed E-state index contributed by atoms with van der Waals surface area (Å²) in [6.07, 6.45) is 12.7. The minimum atomic E-state index is -0.434. The van der Waals surface area contributed by atoms with Gasteiger partial charge in [-0.25, -0.2) is 0 Å². The third-order valence-corrected chi connectivity index (χ3v) is 6.20. The van der Waals surface area contributed by atoms with Gasteiger partial charge in [-0.3, -0.25) is 9.59 Å². The quantitative estimate of drug-likeness (QED) is 0.383. The molecule has 4 unspecified atom stereocenters. The van der Waals surface area contributed by atoms with Crippen molar-refractivity contribution in [1.82, 2.24) is 0 Å². The van der Waals surface area contributed by atoms with Gasteiger partial charge in [0, 0.05) is 5.92 Å². The van der Waals surface area contributed by atoms with Crippen LogP contribution < -0.4 is 0 Å². The lowest BCUT2D eigenvalue weighted by Crippen LogP contribution is -2.41. The van der Waals surface area contributed by atoms with Crippen LogP contribution in [0.5, 0.6) is 0 Å². The van der Waals surface area contributed by atoms with Crippen molar-refractivity contribution in [2.45, 2.75) is 33.1 Å². The van der Waals surface area contributed by atoms with E-state index in [2.05, 4.69) is 6.08 Å². The van der Waals surface area contributed by atoms with Crippen LogP contribution in [-0.4, -0.2) is 18.4 Å². The van der Waals surface area contributed by atoms with Crippen LogP contribution in [0, 0.1) is 23.7 Å². The molecule has 0 spiro atoms. The predicted octanol–water partition coefficient (Wildman–Crippen LogP) is 5.24. The predicted molar refractivity (Wildman–Crippen MR) is 116 cm³/mol. The molecule has 0 radical (unpaired) electrons. The molecule has 4 heteroatoms. The normalized spacial score (nSPS) is 29.5. The van der Waals surface area contributed by atoms with Gasteiger partial charge in [-0.05, 0) is 49.8 Å². The first-order valence-electron chi connectivity index (χ1n) is 10.8. The second-order valence-electron chi connectivity index (χ2n) is 8.15. The van der Waals surface area contributed by atoms with Gasteiger partial charge in [0.15, 0.2) is 5.76 Å². The smallest absolute Gasteiger partial charge is 0.310 e. The van der Waals surface area contributed by atoms with E-state index in [-0.39, 0.29) is 29.5 Å². The van der Waals surface area contributed by atoms with Crippen LogP contribution in [0.15, 0.2) is 71.7 Å². The zero-order valence-corrected chi connectivity index (χ0v) is 17.5. The van der Waals surface area contributed by atoms with E-state index in [9.17, 15) is 9.59 Å². The second-order valence-corrected chi connectivity index (χ2v) is 8.15. The number of hydrogen-bond donors (Lipinski definition) is 0. The summed E-state index contributed by atoms with van der Waals surface area (Å²) in [5, 5.41) is 0. The van der Waals surface area contributed by atoms with Gasteiger partial charge in [-0.2, -0.15) is 0 Å². The highest BCUT2D eigenvalue weighted by atomic mass is 16.5. The lowest BCUT2D eigenvalue weighted by Gasteiger charge is -2.36. The van der Waals surface area contributed by atoms with Gasteiger partial charge in [0.2, 0.25) is 5.78 Å². The molecule has 156 valence electrons. The molecule has 4 atom stereocenters. The van der Waals surface area contributed by atoms with Crippen molar-refractivity contribution in [2.24, 2.45) is 23.7 Å². The van der Waals surface area contributed by atoms with Gasteiger partial charge in [0.05, 0.1) is 18.4 Å². The fraction of sp³-hybridized carbons (Fsp3) is 0.385. The minimum Gasteiger partial charge on any atom is -0.466 e. The molecule has 0 N–H and O–H groups in total. The van der Waals surface area contributed by atoms with E-state index in [1.807, 2.05) is 62.4 Å². The zero-order chi connectivity index (χ0) is 21.1. The van der Waals surface area contributed by atoms with Crippen molar-refractivity contribution < 1.29 is 19.1 Å². The number of ether oxygens (including phenoxy) is 2. The first-order valence-corrected chi connectivity index (χ1v) is 10.8. The summed E-state index contributed by atoms with van der Waals surface area (Å²) in [4.78, 5) is 26.2. The van der Waals surface area contributed by atoms with Crippen LogP contribution >= 0.6 is 0 Å². The SMILES string of the molecule is CCOC(=O)C1C(C)C=C2O/C(=C/C=C\c3ccccc3)C(=O)C2C1C1=CCCC1. The van der Waals surface area contributed by atoms with Crippen LogP contribution in [0.2, 0.25) is 0 Å². The largest absolute Gasteiger partial charge is 0.466 e. The molecule has 4 rings (SSSR count). The van der Waals surface area contributed by atoms with E-state index >= 15 is 0 Å². The number of esters is 1. The first-order chi connectivity index (χ1) is 14.6. The van der Waals surface area contributed by atoms with Gasteiger partial charge in [0.1, 0.15) is 5.76 Å². The number of rotatable bonds is 5. The van der Waals surface area contributed by atoms with E-state index in [4.69, 9.17) is 9.47 Å². The lowest BCUT2D eigenvalue weighted by atomic mass is 9.66. The number of ketones is 1. The van der Waals surface area contributed by atoms with Crippen LogP contribution in [-0.2, 0) is 19.1 Å². The summed E-state index contributed by atoms with van der Waals surface area (Å²) in [6.45, 7) is 4.17. The van der Waals surface area contributed by atoms with Gasteiger partial charge in [0.25, 0.3) is 0 Å². The van der Waals surface area contributed by atoms with Crippen LogP contribution in [0.4, 0.5) is 0 Å². The van der Waals surface area contributed by atoms with Crippen molar-refractivity contribution in [1.29, 1.82) is 0 Å². The molecule has 30 heavy (non-hydrogen) atoms. The summed E-state index contributed by atoms with van der Waals surface area (Å²) in [5.41, 5.74) is 2.26. The first kappa shape index (κ1) is 20.4. The molecule has 4 nitrogen and oxygen atoms in total. The van der Waals surface area contributed by atoms with Crippen molar-refractivity contribution >= 4 is 17.8 Å². The van der Waals surface area contributed by atoms with Gasteiger partial charge < -0.3 is 9.47 Å². The molecule has 0 saturated carbocycles. The number of hydrogen-bond acceptors (Lipinski definition) is 4. The highest BCUT2D eigenvalue weighted by Crippen LogP contribution is 2.50. The van der Waals surface area contributed by atoms with Gasteiger partial charge in [-0.15, -0.1) is 0 Å². The minimum absolute atomic E-state index is 0.0436. The lowest BCUT2D eigenvalue weighted by molar-refractivity contribution is -0.152. The van der Waals surface area contributed by atoms with Crippen molar-refractivity contribution in [2.75, 3.05) is 6.61 Å². The molecule has 0 bridgehead atoms. The Bertz CT molecular complexity index is 935. The molecule has 1 aliphatic heterocycles. The topological polar surface area (TPSA) is 52.6 Å². The van der Waals surface area contributed by atoms with E-state index < -0.39 is 5.92 Å². The van der Waals surface area contributed by atoms with Gasteiger partial charge >= 0.3 is 5.97 Å². The fourth-order valence-electron chi connectivity index (χ4n) is 4.87. The van der Waals surface area contributed by atoms with Crippen molar-refractivity contribution in [3.63, 3.8) is 0 Å². The highest BCUT2D eigenvalue weighted by Gasteiger charge is 2.52. The molecule has 1 aromatic rings. The Labute approximate surface area is 178 Å². The van der Waals surface area contributed by atoms with E-state index in [1.165, 1.54) is 5.57 Å². The van der Waals surface area contributed by atoms with E-state index in [1.54, 1.807) is 6.08 Å². The molecule has 0 aromatic heterocycles. The summed E-state index contributed by atoms with van der Waals surface area (Å²) in [6, 6.07) is 9.92. The number of carbonyl (C=O) groups excluding carboxylic acids is 2. The molecule has 1 saturated heterocycles. The Hall–Kier alpha value is -2.88. The molecular formula is C26H28O4. The summed E-state index contributed by atoms with van der Waals surface area (Å²) in [5.74, 6) is -0.243. The molecule has 1 aromatic carbocycles. The van der Waals surface area contributed by atoms with E-state index in [0.29, 0.717) is 18.1 Å². The summed E-state index contributed by atoms with van der Waals surface area (Å²) >= 11 is 0. The second kappa shape index (κ2) is 8.86. The Morgan fingerprint density at radius 3 is 2.77 bits per heavy atom. The molecular weight excluding hydrogens is 376 g/mol. The maximum absolute atomic E-state index is 13.3.